The molecule has 0 bridgehead atoms. The molecule has 1 aromatic heterocycles. The van der Waals surface area contributed by atoms with Crippen molar-refractivity contribution in [2.45, 2.75) is 13.3 Å². The van der Waals surface area contributed by atoms with E-state index in [-0.39, 0.29) is 0 Å². The van der Waals surface area contributed by atoms with Gasteiger partial charge in [-0.1, -0.05) is 6.92 Å². The third-order valence-electron chi connectivity index (χ3n) is 0.959. The summed E-state index contributed by atoms with van der Waals surface area (Å²) in [6.07, 6.45) is 5.04. The first kappa shape index (κ1) is 6.99. The maximum Gasteiger partial charge on any atom is 0.216 e. The Kier molecular flexibility index (Phi) is 2.67. The van der Waals surface area contributed by atoms with E-state index in [1.54, 1.807) is 6.07 Å². The molecule has 0 amide bonds. The summed E-state index contributed by atoms with van der Waals surface area (Å²) in [5.41, 5.74) is 0. The minimum atomic E-state index is 0.594. The van der Waals surface area contributed by atoms with Crippen LogP contribution in [-0.4, -0.2) is 16.6 Å². The van der Waals surface area contributed by atoms with Gasteiger partial charge in [-0.3, -0.25) is 0 Å². The van der Waals surface area contributed by atoms with Crippen molar-refractivity contribution >= 4 is 0 Å². The van der Waals surface area contributed by atoms with Gasteiger partial charge in [0.05, 0.1) is 12.8 Å². The molecular weight excluding hydrogens is 128 g/mol. The normalized spacial score (nSPS) is 9.30. The molecule has 53 valence electrons. The minimum absolute atomic E-state index is 0.594. The highest BCUT2D eigenvalue weighted by molar-refractivity contribution is 5.02. The lowest BCUT2D eigenvalue weighted by Crippen LogP contribution is -1.96. The molecule has 0 aromatic carbocycles. The number of nitrogens with zero attached hydrogens (tertiary/aromatic N) is 2. The Morgan fingerprint density at radius 2 is 2.60 bits per heavy atom. The van der Waals surface area contributed by atoms with Crippen molar-refractivity contribution in [3.05, 3.63) is 18.6 Å². The fourth-order valence-corrected chi connectivity index (χ4v) is 0.534. The fourth-order valence-electron chi connectivity index (χ4n) is 0.534. The summed E-state index contributed by atoms with van der Waals surface area (Å²) in [5, 5.41) is 0. The zero-order valence-corrected chi connectivity index (χ0v) is 5.87. The quantitative estimate of drug-likeness (QED) is 0.625. The lowest BCUT2D eigenvalue weighted by Gasteiger charge is -1.99. The summed E-state index contributed by atoms with van der Waals surface area (Å²) >= 11 is 0. The maximum atomic E-state index is 5.17. The van der Waals surface area contributed by atoms with Gasteiger partial charge in [0.15, 0.2) is 0 Å². The summed E-state index contributed by atoms with van der Waals surface area (Å²) in [6, 6.07) is 1.62. The first-order chi connectivity index (χ1) is 4.93. The molecule has 3 heteroatoms. The smallest absolute Gasteiger partial charge is 0.216 e. The van der Waals surface area contributed by atoms with Crippen molar-refractivity contribution < 1.29 is 4.74 Å². The van der Waals surface area contributed by atoms with Gasteiger partial charge in [0.1, 0.15) is 6.33 Å². The van der Waals surface area contributed by atoms with Gasteiger partial charge in [0, 0.05) is 6.07 Å². The molecular formula is C7H9N2O. The molecule has 1 rings (SSSR count). The van der Waals surface area contributed by atoms with Crippen molar-refractivity contribution in [1.82, 2.24) is 9.97 Å². The monoisotopic (exact) mass is 137 g/mol. The van der Waals surface area contributed by atoms with Crippen molar-refractivity contribution in [2.24, 2.45) is 0 Å². The van der Waals surface area contributed by atoms with Crippen molar-refractivity contribution in [2.75, 3.05) is 6.61 Å². The second-order valence-corrected chi connectivity index (χ2v) is 1.83. The third-order valence-corrected chi connectivity index (χ3v) is 0.959. The Hall–Kier alpha value is -1.12. The summed E-state index contributed by atoms with van der Waals surface area (Å²) in [7, 11) is 0. The SMILES string of the molecule is CCCOc1c[c]ncn1. The molecule has 1 aromatic rings. The van der Waals surface area contributed by atoms with Crippen LogP contribution in [0, 0.1) is 6.20 Å². The molecule has 10 heavy (non-hydrogen) atoms. The average Bonchev–Trinajstić information content (AvgIpc) is 2.03. The Balaban J connectivity index is 2.43. The standard InChI is InChI=1S/C7H9N2O/c1-2-5-10-7-3-4-8-6-9-7/h3,6H,2,5H2,1H3. The van der Waals surface area contributed by atoms with E-state index in [0.29, 0.717) is 12.5 Å². The van der Waals surface area contributed by atoms with E-state index in [4.69, 9.17) is 4.74 Å². The molecule has 0 atom stereocenters. The first-order valence-electron chi connectivity index (χ1n) is 3.24. The number of hydrogen-bond acceptors (Lipinski definition) is 3. The van der Waals surface area contributed by atoms with Crippen LogP contribution < -0.4 is 4.74 Å². The molecule has 3 nitrogen and oxygen atoms in total. The van der Waals surface area contributed by atoms with Gasteiger partial charge < -0.3 is 4.74 Å². The van der Waals surface area contributed by atoms with Crippen molar-refractivity contribution in [3.63, 3.8) is 0 Å². The van der Waals surface area contributed by atoms with E-state index in [1.807, 2.05) is 6.92 Å². The highest BCUT2D eigenvalue weighted by Gasteiger charge is 1.89. The Bertz CT molecular complexity index is 176. The van der Waals surface area contributed by atoms with Crippen LogP contribution in [0.2, 0.25) is 0 Å². The Morgan fingerprint density at radius 3 is 3.20 bits per heavy atom. The highest BCUT2D eigenvalue weighted by atomic mass is 16.5. The van der Waals surface area contributed by atoms with E-state index >= 15 is 0 Å². The number of aromatic nitrogens is 2. The van der Waals surface area contributed by atoms with E-state index in [1.165, 1.54) is 6.33 Å². The highest BCUT2D eigenvalue weighted by Crippen LogP contribution is 2.00. The Morgan fingerprint density at radius 1 is 1.70 bits per heavy atom. The molecule has 0 unspecified atom stereocenters. The van der Waals surface area contributed by atoms with E-state index in [0.717, 1.165) is 6.42 Å². The third kappa shape index (κ3) is 2.01. The van der Waals surface area contributed by atoms with Gasteiger partial charge in [-0.2, -0.15) is 0 Å². The molecule has 0 aliphatic heterocycles. The lowest BCUT2D eigenvalue weighted by molar-refractivity contribution is 0.304. The predicted molar refractivity (Wildman–Crippen MR) is 36.7 cm³/mol. The molecule has 0 saturated heterocycles. The molecule has 0 fully saturated rings. The summed E-state index contributed by atoms with van der Waals surface area (Å²) in [5.74, 6) is 0.594. The first-order valence-corrected chi connectivity index (χ1v) is 3.24. The van der Waals surface area contributed by atoms with E-state index < -0.39 is 0 Å². The minimum Gasteiger partial charge on any atom is -0.478 e. The van der Waals surface area contributed by atoms with Gasteiger partial charge in [0.2, 0.25) is 5.88 Å². The number of ether oxygens (including phenoxy) is 1. The average molecular weight is 137 g/mol. The Labute approximate surface area is 60.1 Å². The van der Waals surface area contributed by atoms with Crippen molar-refractivity contribution in [3.8, 4) is 5.88 Å². The van der Waals surface area contributed by atoms with Crippen LogP contribution in [-0.2, 0) is 0 Å². The van der Waals surface area contributed by atoms with Gasteiger partial charge in [0.25, 0.3) is 0 Å². The molecule has 0 aliphatic carbocycles. The largest absolute Gasteiger partial charge is 0.478 e. The molecule has 1 radical (unpaired) electrons. The molecule has 1 heterocycles. The molecule has 0 saturated carbocycles. The topological polar surface area (TPSA) is 35.0 Å². The fraction of sp³-hybridized carbons (Fsp3) is 0.429. The van der Waals surface area contributed by atoms with Crippen LogP contribution in [0.25, 0.3) is 0 Å². The maximum absolute atomic E-state index is 5.17. The van der Waals surface area contributed by atoms with Crippen LogP contribution in [0.15, 0.2) is 12.4 Å². The zero-order valence-electron chi connectivity index (χ0n) is 5.87. The number of rotatable bonds is 3. The zero-order chi connectivity index (χ0) is 7.23. The summed E-state index contributed by atoms with van der Waals surface area (Å²) in [4.78, 5) is 7.49. The second kappa shape index (κ2) is 3.82. The molecule has 0 N–H and O–H groups in total. The van der Waals surface area contributed by atoms with Crippen LogP contribution in [0.1, 0.15) is 13.3 Å². The van der Waals surface area contributed by atoms with Gasteiger partial charge >= 0.3 is 0 Å². The van der Waals surface area contributed by atoms with Crippen LogP contribution in [0.4, 0.5) is 0 Å². The van der Waals surface area contributed by atoms with Gasteiger partial charge in [-0.05, 0) is 6.42 Å². The van der Waals surface area contributed by atoms with Crippen LogP contribution >= 0.6 is 0 Å². The lowest BCUT2D eigenvalue weighted by atomic mass is 10.5. The molecule has 0 spiro atoms. The summed E-state index contributed by atoms with van der Waals surface area (Å²) < 4.78 is 5.17. The van der Waals surface area contributed by atoms with E-state index in [9.17, 15) is 0 Å². The van der Waals surface area contributed by atoms with Crippen LogP contribution in [0.5, 0.6) is 5.88 Å². The van der Waals surface area contributed by atoms with Gasteiger partial charge in [-0.25, -0.2) is 9.97 Å². The second-order valence-electron chi connectivity index (χ2n) is 1.83. The van der Waals surface area contributed by atoms with Gasteiger partial charge in [-0.15, -0.1) is 0 Å². The predicted octanol–water partition coefficient (Wildman–Crippen LogP) is 1.07. The van der Waals surface area contributed by atoms with Crippen molar-refractivity contribution in [1.29, 1.82) is 0 Å². The molecule has 0 aliphatic rings. The van der Waals surface area contributed by atoms with E-state index in [2.05, 4.69) is 16.2 Å². The van der Waals surface area contributed by atoms with Crippen LogP contribution in [0.3, 0.4) is 0 Å². The summed E-state index contributed by atoms with van der Waals surface area (Å²) in [6.45, 7) is 2.75. The number of hydrogen-bond donors (Lipinski definition) is 0.